The minimum atomic E-state index is -3.25. The summed E-state index contributed by atoms with van der Waals surface area (Å²) in [6.45, 7) is 0.390. The van der Waals surface area contributed by atoms with Crippen LogP contribution in [-0.4, -0.2) is 37.9 Å². The Morgan fingerprint density at radius 2 is 1.14 bits per heavy atom. The molecular weight excluding hydrogens is 349 g/mol. The van der Waals surface area contributed by atoms with Crippen molar-refractivity contribution >= 4 is 80.4 Å². The lowest BCUT2D eigenvalue weighted by atomic mass is 10.9. The van der Waals surface area contributed by atoms with Crippen LogP contribution < -0.4 is 0 Å². The fraction of sp³-hybridized carbons (Fsp3) is 1.00. The van der Waals surface area contributed by atoms with E-state index < -0.39 is 12.9 Å². The maximum absolute atomic E-state index is 6.02. The van der Waals surface area contributed by atoms with Gasteiger partial charge in [-0.15, -0.1) is 56.4 Å². The van der Waals surface area contributed by atoms with Crippen LogP contribution in [-0.2, 0) is 8.85 Å². The molecule has 2 nitrogen and oxygen atoms in total. The average molecular weight is 357 g/mol. The number of rotatable bonds is 7. The van der Waals surface area contributed by atoms with E-state index in [9.17, 15) is 0 Å². The van der Waals surface area contributed by atoms with Crippen molar-refractivity contribution in [1.29, 1.82) is 0 Å². The van der Waals surface area contributed by atoms with Crippen molar-refractivity contribution in [2.75, 3.05) is 25.0 Å². The normalized spacial score (nSPS) is 13.3. The van der Waals surface area contributed by atoms with Gasteiger partial charge in [0.05, 0.1) is 13.2 Å². The molecule has 0 rings (SSSR count). The van der Waals surface area contributed by atoms with E-state index >= 15 is 0 Å². The largest absolute Gasteiger partial charge is 0.473 e. The molecular formula is C4H8Cl6O2Si2. The Balaban J connectivity index is 4.33. The van der Waals surface area contributed by atoms with Gasteiger partial charge < -0.3 is 8.85 Å². The highest BCUT2D eigenvalue weighted by Gasteiger charge is 2.59. The minimum absolute atomic E-state index is 0.195. The van der Waals surface area contributed by atoms with Crippen molar-refractivity contribution in [2.24, 2.45) is 0 Å². The molecule has 0 aliphatic rings. The van der Waals surface area contributed by atoms with Gasteiger partial charge in [0.15, 0.2) is 0 Å². The van der Waals surface area contributed by atoms with Crippen LogP contribution in [0.15, 0.2) is 0 Å². The van der Waals surface area contributed by atoms with E-state index in [0.717, 1.165) is 0 Å². The summed E-state index contributed by atoms with van der Waals surface area (Å²) in [5.74, 6) is 0.529. The van der Waals surface area contributed by atoms with Crippen LogP contribution in [0.5, 0.6) is 0 Å². The van der Waals surface area contributed by atoms with Gasteiger partial charge >= 0.3 is 12.9 Å². The van der Waals surface area contributed by atoms with Crippen LogP contribution in [0.1, 0.15) is 0 Å². The van der Waals surface area contributed by atoms with Crippen molar-refractivity contribution in [1.82, 2.24) is 0 Å². The van der Waals surface area contributed by atoms with Gasteiger partial charge in [-0.3, -0.25) is 0 Å². The van der Waals surface area contributed by atoms with Crippen LogP contribution in [0.25, 0.3) is 0 Å². The second-order valence-corrected chi connectivity index (χ2v) is 21.9. The van der Waals surface area contributed by atoms with Crippen LogP contribution in [0.3, 0.4) is 0 Å². The topological polar surface area (TPSA) is 18.5 Å². The highest BCUT2D eigenvalue weighted by atomic mass is 35.9. The van der Waals surface area contributed by atoms with Crippen LogP contribution >= 0.6 is 67.5 Å². The van der Waals surface area contributed by atoms with E-state index in [-0.39, 0.29) is 25.0 Å². The molecule has 10 heteroatoms. The molecule has 86 valence electrons. The Bertz CT molecular complexity index is 156. The Kier molecular flexibility index (Phi) is 8.54. The van der Waals surface area contributed by atoms with Crippen LogP contribution in [0.2, 0.25) is 0 Å². The first kappa shape index (κ1) is 16.1. The van der Waals surface area contributed by atoms with Gasteiger partial charge in [0.1, 0.15) is 0 Å². The molecule has 0 aliphatic heterocycles. The summed E-state index contributed by atoms with van der Waals surface area (Å²) in [4.78, 5) is 0. The van der Waals surface area contributed by atoms with E-state index in [1.807, 2.05) is 0 Å². The standard InChI is InChI=1S/C4H8Cl6O2Si2/c5-1-3-11-14(10,12-4-2-6)13(7,8)9/h1-4H2. The maximum atomic E-state index is 6.02. The summed E-state index contributed by atoms with van der Waals surface area (Å²) in [5.41, 5.74) is -3.23. The number of hydrogen-bond donors (Lipinski definition) is 0. The first-order valence-corrected chi connectivity index (χ1v) is 13.5. The van der Waals surface area contributed by atoms with Crippen LogP contribution in [0.4, 0.5) is 0 Å². The zero-order chi connectivity index (χ0) is 11.2. The Hall–Kier alpha value is 2.09. The number of hydrogen-bond acceptors (Lipinski definition) is 2. The molecule has 0 N–H and O–H groups in total. The molecule has 0 saturated carbocycles. The van der Waals surface area contributed by atoms with Gasteiger partial charge in [-0.1, -0.05) is 11.1 Å². The van der Waals surface area contributed by atoms with Crippen molar-refractivity contribution in [3.05, 3.63) is 0 Å². The monoisotopic (exact) mass is 354 g/mol. The fourth-order valence-corrected chi connectivity index (χ4v) is 7.10. The molecule has 0 aromatic heterocycles. The van der Waals surface area contributed by atoms with Gasteiger partial charge in [-0.05, 0) is 0 Å². The molecule has 0 aromatic rings. The molecule has 0 heterocycles. The lowest BCUT2D eigenvalue weighted by Gasteiger charge is -2.27. The zero-order valence-corrected chi connectivity index (χ0v) is 13.4. The van der Waals surface area contributed by atoms with E-state index in [0.29, 0.717) is 0 Å². The average Bonchev–Trinajstić information content (AvgIpc) is 2.09. The number of alkyl halides is 2. The predicted octanol–water partition coefficient (Wildman–Crippen LogP) is 3.41. The quantitative estimate of drug-likeness (QED) is 0.395. The lowest BCUT2D eigenvalue weighted by Crippen LogP contribution is -2.54. The third-order valence-electron chi connectivity index (χ3n) is 1.07. The van der Waals surface area contributed by atoms with Gasteiger partial charge in [0, 0.05) is 11.8 Å². The van der Waals surface area contributed by atoms with E-state index in [1.165, 1.54) is 0 Å². The zero-order valence-electron chi connectivity index (χ0n) is 6.91. The summed E-state index contributed by atoms with van der Waals surface area (Å²) in [6.07, 6.45) is 0. The molecule has 0 unspecified atom stereocenters. The Morgan fingerprint density at radius 3 is 1.36 bits per heavy atom. The molecule has 0 amide bonds. The molecule has 0 fully saturated rings. The summed E-state index contributed by atoms with van der Waals surface area (Å²) < 4.78 is 10.4. The Morgan fingerprint density at radius 1 is 0.786 bits per heavy atom. The van der Waals surface area contributed by atoms with Gasteiger partial charge in [0.25, 0.3) is 0 Å². The van der Waals surface area contributed by atoms with Crippen molar-refractivity contribution in [2.45, 2.75) is 0 Å². The molecule has 0 saturated heterocycles. The SMILES string of the molecule is ClCCO[Si](Cl)(OCCCl)[Si](Cl)(Cl)Cl. The third-order valence-corrected chi connectivity index (χ3v) is 18.6. The molecule has 0 atom stereocenters. The highest BCUT2D eigenvalue weighted by molar-refractivity contribution is 7.93. The van der Waals surface area contributed by atoms with Crippen molar-refractivity contribution in [3.8, 4) is 0 Å². The van der Waals surface area contributed by atoms with Gasteiger partial charge in [-0.25, -0.2) is 0 Å². The maximum Gasteiger partial charge on any atom is 0.473 e. The first-order valence-electron chi connectivity index (χ1n) is 3.53. The molecule has 0 radical (unpaired) electrons. The Labute approximate surface area is 113 Å². The third kappa shape index (κ3) is 5.43. The fourth-order valence-electron chi connectivity index (χ4n) is 0.545. The first-order chi connectivity index (χ1) is 6.37. The van der Waals surface area contributed by atoms with Crippen molar-refractivity contribution in [3.63, 3.8) is 0 Å². The number of halogens is 6. The lowest BCUT2D eigenvalue weighted by molar-refractivity contribution is 0.223. The van der Waals surface area contributed by atoms with Crippen LogP contribution in [0, 0.1) is 0 Å². The second kappa shape index (κ2) is 7.43. The smallest absolute Gasteiger partial charge is 0.382 e. The molecule has 0 aliphatic carbocycles. The van der Waals surface area contributed by atoms with Gasteiger partial charge in [0.2, 0.25) is 0 Å². The van der Waals surface area contributed by atoms with E-state index in [2.05, 4.69) is 0 Å². The molecule has 14 heavy (non-hydrogen) atoms. The molecule has 0 aromatic carbocycles. The predicted molar refractivity (Wildman–Crippen MR) is 68.3 cm³/mol. The molecule has 0 bridgehead atoms. The summed E-state index contributed by atoms with van der Waals surface area (Å²) in [7, 11) is -3.25. The minimum Gasteiger partial charge on any atom is -0.382 e. The molecule has 0 spiro atoms. The van der Waals surface area contributed by atoms with E-state index in [1.54, 1.807) is 0 Å². The second-order valence-electron chi connectivity index (χ2n) is 2.11. The summed E-state index contributed by atoms with van der Waals surface area (Å²) in [5, 5.41) is 0. The van der Waals surface area contributed by atoms with E-state index in [4.69, 9.17) is 76.4 Å². The van der Waals surface area contributed by atoms with Crippen molar-refractivity contribution < 1.29 is 8.85 Å². The summed E-state index contributed by atoms with van der Waals surface area (Å²) >= 11 is 34.2. The van der Waals surface area contributed by atoms with Gasteiger partial charge in [-0.2, -0.15) is 0 Å². The summed E-state index contributed by atoms with van der Waals surface area (Å²) in [6, 6.07) is 0. The highest BCUT2D eigenvalue weighted by Crippen LogP contribution is 2.35.